The van der Waals surface area contributed by atoms with E-state index >= 15 is 0 Å². The quantitative estimate of drug-likeness (QED) is 0.181. The van der Waals surface area contributed by atoms with E-state index in [0.29, 0.717) is 34.5 Å². The van der Waals surface area contributed by atoms with E-state index < -0.39 is 0 Å². The highest BCUT2D eigenvalue weighted by molar-refractivity contribution is 6.26. The van der Waals surface area contributed by atoms with E-state index in [1.807, 2.05) is 0 Å². The Kier molecular flexibility index (Phi) is 5.18. The van der Waals surface area contributed by atoms with Crippen molar-refractivity contribution in [1.29, 1.82) is 0 Å². The lowest BCUT2D eigenvalue weighted by atomic mass is 9.56. The molecule has 6 saturated carbocycles. The highest BCUT2D eigenvalue weighted by Gasteiger charge is 2.67. The first kappa shape index (κ1) is 30.1. The van der Waals surface area contributed by atoms with Crippen LogP contribution in [-0.2, 0) is 0 Å². The standard InChI is InChI=1S/C54H45N3/c1-3-8-28(9-4-1)39-12-7-13-40(29-10-5-2-6-11-29)45(39)30-18-41-48-43(26-55-50-33-16-37-20-35-14-31(46(48)50)22-53(35,37)24-33)57-44-27-56-51-34-17-38-21-36-15-32(23-54(36,38)25-34)47(51)49(44)42(19-30)52(41)57/h1-13,18-19,26-27,31-38H,14-17,20-25H2. The number of hydrogen-bond acceptors (Lipinski definition) is 2. The zero-order valence-corrected chi connectivity index (χ0v) is 32.3. The Labute approximate surface area is 332 Å². The number of aromatic nitrogens is 3. The fourth-order valence-corrected chi connectivity index (χ4v) is 17.0. The first-order valence-corrected chi connectivity index (χ1v) is 22.4. The normalized spacial score (nSPS) is 34.5. The van der Waals surface area contributed by atoms with Crippen LogP contribution < -0.4 is 0 Å². The van der Waals surface area contributed by atoms with Gasteiger partial charge in [0.25, 0.3) is 0 Å². The molecule has 8 aliphatic rings. The molecule has 4 aromatic heterocycles. The summed E-state index contributed by atoms with van der Waals surface area (Å²) < 4.78 is 2.67. The first-order valence-electron chi connectivity index (χ1n) is 22.4. The summed E-state index contributed by atoms with van der Waals surface area (Å²) in [7, 11) is 0. The number of pyridine rings is 2. The van der Waals surface area contributed by atoms with Crippen LogP contribution in [0.2, 0.25) is 0 Å². The Morgan fingerprint density at radius 1 is 0.474 bits per heavy atom. The van der Waals surface area contributed by atoms with Crippen molar-refractivity contribution in [2.24, 2.45) is 34.5 Å². The molecular formula is C54H45N3. The minimum atomic E-state index is 0.597. The fraction of sp³-hybridized carbons (Fsp3) is 0.370. The Hall–Kier alpha value is -5.02. The van der Waals surface area contributed by atoms with Gasteiger partial charge in [0.15, 0.2) is 0 Å². The molecule has 10 atom stereocenters. The van der Waals surface area contributed by atoms with Crippen molar-refractivity contribution in [3.05, 3.63) is 126 Å². The van der Waals surface area contributed by atoms with E-state index in [0.717, 1.165) is 23.7 Å². The van der Waals surface area contributed by atoms with Gasteiger partial charge < -0.3 is 4.40 Å². The smallest absolute Gasteiger partial charge is 0.0728 e. The summed E-state index contributed by atoms with van der Waals surface area (Å²) in [5.41, 5.74) is 19.3. The van der Waals surface area contributed by atoms with Crippen LogP contribution in [0.1, 0.15) is 110 Å². The molecular weight excluding hydrogens is 691 g/mol. The topological polar surface area (TPSA) is 30.2 Å². The lowest BCUT2D eigenvalue weighted by Gasteiger charge is -2.48. The molecule has 6 bridgehead atoms. The third kappa shape index (κ3) is 3.35. The number of fused-ring (bicyclic) bond motifs is 18. The molecule has 0 radical (unpaired) electrons. The van der Waals surface area contributed by atoms with Crippen LogP contribution in [0.15, 0.2) is 103 Å². The van der Waals surface area contributed by atoms with Gasteiger partial charge in [0.1, 0.15) is 0 Å². The van der Waals surface area contributed by atoms with E-state index in [1.165, 1.54) is 147 Å². The molecule has 10 unspecified atom stereocenters. The van der Waals surface area contributed by atoms with Gasteiger partial charge in [0.05, 0.1) is 28.9 Å². The molecule has 8 aromatic rings. The van der Waals surface area contributed by atoms with Crippen molar-refractivity contribution in [2.45, 2.75) is 87.9 Å². The van der Waals surface area contributed by atoms with Crippen LogP contribution in [0, 0.1) is 34.5 Å². The fourth-order valence-electron chi connectivity index (χ4n) is 17.0. The average Bonchev–Trinajstić information content (AvgIpc) is 4.04. The predicted octanol–water partition coefficient (Wildman–Crippen LogP) is 13.4. The summed E-state index contributed by atoms with van der Waals surface area (Å²) in [6, 6.07) is 34.6. The molecule has 0 saturated heterocycles. The van der Waals surface area contributed by atoms with E-state index in [1.54, 1.807) is 11.1 Å². The van der Waals surface area contributed by atoms with E-state index in [9.17, 15) is 0 Å². The van der Waals surface area contributed by atoms with Gasteiger partial charge in [-0.2, -0.15) is 0 Å². The minimum Gasteiger partial charge on any atom is -0.305 e. The second-order valence-corrected chi connectivity index (χ2v) is 20.6. The second kappa shape index (κ2) is 9.80. The number of benzene rings is 4. The van der Waals surface area contributed by atoms with Gasteiger partial charge in [-0.1, -0.05) is 78.9 Å². The van der Waals surface area contributed by atoms with Gasteiger partial charge in [-0.25, -0.2) is 0 Å². The van der Waals surface area contributed by atoms with Crippen molar-refractivity contribution < 1.29 is 0 Å². The number of hydrogen-bond donors (Lipinski definition) is 0. The maximum absolute atomic E-state index is 5.59. The van der Waals surface area contributed by atoms with Crippen LogP contribution in [0.25, 0.3) is 71.5 Å². The molecule has 3 heteroatoms. The molecule has 0 amide bonds. The molecule has 8 aliphatic carbocycles. The second-order valence-electron chi connectivity index (χ2n) is 20.6. The molecule has 6 fully saturated rings. The summed E-state index contributed by atoms with van der Waals surface area (Å²) in [5.74, 6) is 6.23. The van der Waals surface area contributed by atoms with Crippen molar-refractivity contribution in [3.8, 4) is 33.4 Å². The van der Waals surface area contributed by atoms with Crippen molar-refractivity contribution in [1.82, 2.24) is 14.4 Å². The molecule has 4 aromatic carbocycles. The monoisotopic (exact) mass is 735 g/mol. The van der Waals surface area contributed by atoms with Crippen LogP contribution in [0.3, 0.4) is 0 Å². The van der Waals surface area contributed by atoms with Gasteiger partial charge in [0.2, 0.25) is 0 Å². The third-order valence-electron chi connectivity index (χ3n) is 18.9. The van der Waals surface area contributed by atoms with Crippen LogP contribution in [-0.4, -0.2) is 14.4 Å². The summed E-state index contributed by atoms with van der Waals surface area (Å²) in [6.45, 7) is 0. The maximum Gasteiger partial charge on any atom is 0.0728 e. The SMILES string of the molecule is c1ccc(-c2cccc(-c3ccccc3)c2-c2cc3c4c5c(ncc4n4c6cnc7c(c6c(c2)c34)C2CC3CC4CC7CC43C2)C2CC3CC4CC5CC34C2)cc1. The minimum absolute atomic E-state index is 0.597. The lowest BCUT2D eigenvalue weighted by Crippen LogP contribution is -2.41. The highest BCUT2D eigenvalue weighted by atomic mass is 15.0. The molecule has 3 nitrogen and oxygen atoms in total. The lowest BCUT2D eigenvalue weighted by molar-refractivity contribution is 0.00321. The van der Waals surface area contributed by atoms with Gasteiger partial charge in [0, 0.05) is 44.8 Å². The van der Waals surface area contributed by atoms with Crippen molar-refractivity contribution in [2.75, 3.05) is 0 Å². The molecule has 16 rings (SSSR count). The largest absolute Gasteiger partial charge is 0.305 e. The predicted molar refractivity (Wildman–Crippen MR) is 229 cm³/mol. The Balaban J connectivity index is 1.07. The summed E-state index contributed by atoms with van der Waals surface area (Å²) in [6.07, 6.45) is 18.6. The van der Waals surface area contributed by atoms with Gasteiger partial charge in [-0.05, 0) is 167 Å². The van der Waals surface area contributed by atoms with E-state index in [2.05, 4.69) is 108 Å². The van der Waals surface area contributed by atoms with Crippen molar-refractivity contribution in [3.63, 3.8) is 0 Å². The molecule has 57 heavy (non-hydrogen) atoms. The van der Waals surface area contributed by atoms with Gasteiger partial charge >= 0.3 is 0 Å². The number of nitrogens with zero attached hydrogens (tertiary/aromatic N) is 3. The summed E-state index contributed by atoms with van der Waals surface area (Å²) >= 11 is 0. The molecule has 4 heterocycles. The van der Waals surface area contributed by atoms with E-state index in [-0.39, 0.29) is 0 Å². The Morgan fingerprint density at radius 2 is 0.930 bits per heavy atom. The maximum atomic E-state index is 5.59. The number of rotatable bonds is 3. The zero-order chi connectivity index (χ0) is 36.5. The average molecular weight is 736 g/mol. The summed E-state index contributed by atoms with van der Waals surface area (Å²) in [4.78, 5) is 11.2. The van der Waals surface area contributed by atoms with Crippen molar-refractivity contribution >= 4 is 38.1 Å². The van der Waals surface area contributed by atoms with E-state index in [4.69, 9.17) is 9.97 Å². The molecule has 0 aliphatic heterocycles. The van der Waals surface area contributed by atoms with Crippen LogP contribution in [0.4, 0.5) is 0 Å². The Bertz CT molecular complexity index is 2910. The summed E-state index contributed by atoms with van der Waals surface area (Å²) in [5, 5.41) is 5.94. The Morgan fingerprint density at radius 3 is 1.42 bits per heavy atom. The molecule has 0 N–H and O–H groups in total. The third-order valence-corrected chi connectivity index (χ3v) is 18.9. The van der Waals surface area contributed by atoms with Gasteiger partial charge in [-0.15, -0.1) is 0 Å². The molecule has 2 spiro atoms. The molecule has 276 valence electrons. The highest BCUT2D eigenvalue weighted by Crippen LogP contribution is 2.78. The zero-order valence-electron chi connectivity index (χ0n) is 32.3. The van der Waals surface area contributed by atoms with Crippen LogP contribution in [0.5, 0.6) is 0 Å². The van der Waals surface area contributed by atoms with Gasteiger partial charge in [-0.3, -0.25) is 9.97 Å². The van der Waals surface area contributed by atoms with Crippen LogP contribution >= 0.6 is 0 Å². The first-order chi connectivity index (χ1) is 28.1.